The summed E-state index contributed by atoms with van der Waals surface area (Å²) in [5.74, 6) is -0.557. The summed E-state index contributed by atoms with van der Waals surface area (Å²) >= 11 is 0. The van der Waals surface area contributed by atoms with Crippen LogP contribution in [0.2, 0.25) is 0 Å². The molecule has 3 N–H and O–H groups in total. The predicted molar refractivity (Wildman–Crippen MR) is 111 cm³/mol. The van der Waals surface area contributed by atoms with Crippen LogP contribution in [0.4, 0.5) is 16.2 Å². The van der Waals surface area contributed by atoms with Gasteiger partial charge in [0.2, 0.25) is 5.95 Å². The van der Waals surface area contributed by atoms with Crippen LogP contribution in [0, 0.1) is 5.82 Å². The first-order chi connectivity index (χ1) is 14.4. The monoisotopic (exact) mass is 406 g/mol. The van der Waals surface area contributed by atoms with E-state index < -0.39 is 17.4 Å². The molecule has 0 bridgehead atoms. The number of benzene rings is 1. The maximum Gasteiger partial charge on any atom is 0.282 e. The Morgan fingerprint density at radius 3 is 2.67 bits per heavy atom. The number of aromatic nitrogens is 4. The minimum atomic E-state index is -0.598. The van der Waals surface area contributed by atoms with Crippen molar-refractivity contribution in [3.05, 3.63) is 82.4 Å². The summed E-state index contributed by atoms with van der Waals surface area (Å²) in [4.78, 5) is 33.1. The Morgan fingerprint density at radius 1 is 1.23 bits per heavy atom. The lowest BCUT2D eigenvalue weighted by atomic mass is 10.1. The zero-order chi connectivity index (χ0) is 21.4. The molecule has 0 saturated heterocycles. The van der Waals surface area contributed by atoms with Crippen LogP contribution in [0.25, 0.3) is 11.2 Å². The first-order valence-electron chi connectivity index (χ1n) is 9.24. The number of nitrogens with two attached hydrogens (primary N) is 1. The number of rotatable bonds is 5. The van der Waals surface area contributed by atoms with Gasteiger partial charge in [-0.05, 0) is 32.0 Å². The molecule has 3 heterocycles. The number of nitrogen functional groups attached to an aromatic ring is 1. The van der Waals surface area contributed by atoms with Crippen molar-refractivity contribution in [2.75, 3.05) is 11.1 Å². The molecule has 0 spiro atoms. The summed E-state index contributed by atoms with van der Waals surface area (Å²) in [5.41, 5.74) is 6.55. The van der Waals surface area contributed by atoms with Gasteiger partial charge in [0.15, 0.2) is 11.6 Å². The Kier molecular flexibility index (Phi) is 4.78. The summed E-state index contributed by atoms with van der Waals surface area (Å²) in [6, 6.07) is 9.70. The maximum absolute atomic E-state index is 14.3. The van der Waals surface area contributed by atoms with E-state index in [-0.39, 0.29) is 28.6 Å². The summed E-state index contributed by atoms with van der Waals surface area (Å²) < 4.78 is 17.1. The van der Waals surface area contributed by atoms with Gasteiger partial charge in [-0.15, -0.1) is 0 Å². The minimum absolute atomic E-state index is 0.0121. The van der Waals surface area contributed by atoms with Gasteiger partial charge in [0.05, 0.1) is 17.3 Å². The fourth-order valence-electron chi connectivity index (χ4n) is 3.36. The number of halogens is 1. The van der Waals surface area contributed by atoms with Crippen molar-refractivity contribution in [2.45, 2.75) is 19.9 Å². The van der Waals surface area contributed by atoms with E-state index in [1.807, 2.05) is 13.0 Å². The normalized spacial score (nSPS) is 12.1. The molecular weight excluding hydrogens is 387 g/mol. The van der Waals surface area contributed by atoms with Gasteiger partial charge < -0.3 is 15.5 Å². The third-order valence-corrected chi connectivity index (χ3v) is 4.80. The highest BCUT2D eigenvalue weighted by molar-refractivity contribution is 5.98. The smallest absolute Gasteiger partial charge is 0.282 e. The van der Waals surface area contributed by atoms with E-state index in [1.165, 1.54) is 34.4 Å². The van der Waals surface area contributed by atoms with Crippen molar-refractivity contribution in [3.8, 4) is 5.69 Å². The van der Waals surface area contributed by atoms with Crippen molar-refractivity contribution < 1.29 is 9.18 Å². The van der Waals surface area contributed by atoms with Gasteiger partial charge in [-0.25, -0.2) is 9.37 Å². The van der Waals surface area contributed by atoms with Crippen molar-refractivity contribution in [1.82, 2.24) is 18.9 Å². The molecule has 0 aliphatic carbocycles. The Labute approximate surface area is 170 Å². The third-order valence-electron chi connectivity index (χ3n) is 4.80. The summed E-state index contributed by atoms with van der Waals surface area (Å²) in [6.07, 6.45) is 4.51. The fourth-order valence-corrected chi connectivity index (χ4v) is 3.36. The van der Waals surface area contributed by atoms with Crippen molar-refractivity contribution in [1.29, 1.82) is 0 Å². The maximum atomic E-state index is 14.3. The van der Waals surface area contributed by atoms with Gasteiger partial charge in [0.25, 0.3) is 5.56 Å². The number of hydrogen-bond donors (Lipinski definition) is 2. The molecule has 0 unspecified atom stereocenters. The molecule has 0 aliphatic heterocycles. The van der Waals surface area contributed by atoms with Gasteiger partial charge >= 0.3 is 0 Å². The van der Waals surface area contributed by atoms with Gasteiger partial charge in [0, 0.05) is 24.3 Å². The molecule has 4 aromatic rings. The number of anilines is 2. The Hall–Kier alpha value is -4.01. The highest BCUT2D eigenvalue weighted by atomic mass is 19.1. The number of Topliss-reactive ketones (excluding diaryl/α,β-unsaturated/α-hetero) is 1. The number of ketones is 1. The molecule has 0 fully saturated rings. The molecule has 4 rings (SSSR count). The van der Waals surface area contributed by atoms with Crippen molar-refractivity contribution in [2.24, 2.45) is 0 Å². The van der Waals surface area contributed by atoms with E-state index in [9.17, 15) is 14.0 Å². The largest absolute Gasteiger partial charge is 0.368 e. The molecule has 0 radical (unpaired) electrons. The second kappa shape index (κ2) is 7.43. The quantitative estimate of drug-likeness (QED) is 0.494. The van der Waals surface area contributed by atoms with E-state index >= 15 is 0 Å². The van der Waals surface area contributed by atoms with Crippen LogP contribution in [0.1, 0.15) is 35.9 Å². The van der Waals surface area contributed by atoms with Gasteiger partial charge in [-0.3, -0.25) is 14.2 Å². The average Bonchev–Trinajstić information content (AvgIpc) is 3.09. The van der Waals surface area contributed by atoms with E-state index in [0.717, 1.165) is 0 Å². The summed E-state index contributed by atoms with van der Waals surface area (Å²) in [7, 11) is 0. The predicted octanol–water partition coefficient (Wildman–Crippen LogP) is 2.98. The summed E-state index contributed by atoms with van der Waals surface area (Å²) in [5, 5.41) is 3.14. The van der Waals surface area contributed by atoms with E-state index in [0.29, 0.717) is 11.4 Å². The van der Waals surface area contributed by atoms with Gasteiger partial charge in [-0.2, -0.15) is 4.98 Å². The lowest BCUT2D eigenvalue weighted by Crippen LogP contribution is -2.27. The Balaban J connectivity index is 1.90. The van der Waals surface area contributed by atoms with Crippen LogP contribution in [-0.4, -0.2) is 24.7 Å². The SMILES string of the molecule is CC(=O)c1cnc(N)nc1N[C@@H](C)c1cn2ccc(F)c2c(=O)n1-c1ccccc1. The van der Waals surface area contributed by atoms with E-state index in [1.54, 1.807) is 30.5 Å². The molecular formula is C21H19FN6O2. The lowest BCUT2D eigenvalue weighted by molar-refractivity contribution is 0.101. The average molecular weight is 406 g/mol. The zero-order valence-corrected chi connectivity index (χ0v) is 16.3. The first-order valence-corrected chi connectivity index (χ1v) is 9.24. The van der Waals surface area contributed by atoms with Crippen LogP contribution in [0.3, 0.4) is 0 Å². The highest BCUT2D eigenvalue weighted by Gasteiger charge is 2.20. The zero-order valence-electron chi connectivity index (χ0n) is 16.3. The Bertz CT molecular complexity index is 1310. The van der Waals surface area contributed by atoms with Crippen LogP contribution < -0.4 is 16.6 Å². The molecule has 0 amide bonds. The number of carbonyl (C=O) groups is 1. The third kappa shape index (κ3) is 3.30. The second-order valence-corrected chi connectivity index (χ2v) is 6.86. The molecule has 1 atom stereocenters. The van der Waals surface area contributed by atoms with Crippen LogP contribution in [0.5, 0.6) is 0 Å². The number of para-hydroxylation sites is 1. The van der Waals surface area contributed by atoms with Crippen molar-refractivity contribution >= 4 is 23.1 Å². The van der Waals surface area contributed by atoms with Gasteiger partial charge in [0.1, 0.15) is 11.3 Å². The van der Waals surface area contributed by atoms with Gasteiger partial charge in [-0.1, -0.05) is 18.2 Å². The fraction of sp³-hybridized carbons (Fsp3) is 0.143. The standard InChI is InChI=1S/C21H19FN6O2/c1-12(25-19-15(13(2)29)10-24-21(23)26-19)17-11-27-9-8-16(22)18(27)20(30)28(17)14-6-4-3-5-7-14/h3-12H,1-2H3,(H3,23,24,25,26)/t12-/m0/s1. The molecule has 1 aromatic carbocycles. The number of fused-ring (bicyclic) bond motifs is 1. The molecule has 8 nitrogen and oxygen atoms in total. The molecule has 3 aromatic heterocycles. The summed E-state index contributed by atoms with van der Waals surface area (Å²) in [6.45, 7) is 3.21. The highest BCUT2D eigenvalue weighted by Crippen LogP contribution is 2.24. The molecule has 0 aliphatic rings. The van der Waals surface area contributed by atoms with E-state index in [2.05, 4.69) is 15.3 Å². The minimum Gasteiger partial charge on any atom is -0.368 e. The molecule has 30 heavy (non-hydrogen) atoms. The second-order valence-electron chi connectivity index (χ2n) is 6.86. The molecule has 9 heteroatoms. The number of hydrogen-bond acceptors (Lipinski definition) is 6. The van der Waals surface area contributed by atoms with Crippen LogP contribution in [-0.2, 0) is 0 Å². The van der Waals surface area contributed by atoms with Crippen LogP contribution in [0.15, 0.2) is 59.8 Å². The first kappa shape index (κ1) is 19.3. The number of carbonyl (C=O) groups excluding carboxylic acids is 1. The van der Waals surface area contributed by atoms with E-state index in [4.69, 9.17) is 5.73 Å². The number of nitrogens with one attached hydrogen (secondary N) is 1. The Morgan fingerprint density at radius 2 is 1.97 bits per heavy atom. The topological polar surface area (TPSA) is 107 Å². The van der Waals surface area contributed by atoms with Crippen molar-refractivity contribution in [3.63, 3.8) is 0 Å². The molecule has 152 valence electrons. The number of nitrogens with zero attached hydrogens (tertiary/aromatic N) is 4. The van der Waals surface area contributed by atoms with Crippen LogP contribution >= 0.6 is 0 Å². The lowest BCUT2D eigenvalue weighted by Gasteiger charge is -2.21. The molecule has 0 saturated carbocycles.